The molecule has 27 heavy (non-hydrogen) atoms. The lowest BCUT2D eigenvalue weighted by Crippen LogP contribution is -2.57. The summed E-state index contributed by atoms with van der Waals surface area (Å²) in [5.74, 6) is 0.125. The first-order valence-corrected chi connectivity index (χ1v) is 10.1. The number of amides is 1. The second-order valence-corrected chi connectivity index (χ2v) is 8.38. The first-order valence-electron chi connectivity index (χ1n) is 10.1. The van der Waals surface area contributed by atoms with Crippen LogP contribution >= 0.6 is 0 Å². The Balaban J connectivity index is 1.70. The fraction of sp³-hybridized carbons (Fsp3) is 0.545. The zero-order chi connectivity index (χ0) is 19.0. The third-order valence-corrected chi connectivity index (χ3v) is 6.66. The van der Waals surface area contributed by atoms with E-state index in [0.717, 1.165) is 25.8 Å². The molecule has 144 valence electrons. The number of nitrogens with zero attached hydrogens (tertiary/aromatic N) is 4. The summed E-state index contributed by atoms with van der Waals surface area (Å²) in [6, 6.07) is 11.5. The van der Waals surface area contributed by atoms with Gasteiger partial charge in [0, 0.05) is 31.9 Å². The van der Waals surface area contributed by atoms with Crippen molar-refractivity contribution in [3.05, 3.63) is 53.9 Å². The maximum absolute atomic E-state index is 13.4. The van der Waals surface area contributed by atoms with E-state index in [0.29, 0.717) is 17.6 Å². The van der Waals surface area contributed by atoms with Gasteiger partial charge in [-0.3, -0.25) is 14.4 Å². The smallest absolute Gasteiger partial charge is 0.257 e. The SMILES string of the molecule is CN1[C@H]2CCCCCN(C(=O)c3cnn(C)c3)[C@@]2(C)C[C@H]1c1ccccc1. The van der Waals surface area contributed by atoms with Gasteiger partial charge in [0.25, 0.3) is 5.91 Å². The molecular weight excluding hydrogens is 336 g/mol. The number of likely N-dealkylation sites (tertiary alicyclic amines) is 2. The lowest BCUT2D eigenvalue weighted by molar-refractivity contribution is 0.0342. The van der Waals surface area contributed by atoms with E-state index in [-0.39, 0.29) is 11.4 Å². The van der Waals surface area contributed by atoms with Crippen molar-refractivity contribution in [2.24, 2.45) is 7.05 Å². The maximum Gasteiger partial charge on any atom is 0.257 e. The van der Waals surface area contributed by atoms with Crippen molar-refractivity contribution in [2.75, 3.05) is 13.6 Å². The number of aryl methyl sites for hydroxylation is 1. The third kappa shape index (κ3) is 3.18. The number of aromatic nitrogens is 2. The minimum Gasteiger partial charge on any atom is -0.332 e. The molecule has 4 rings (SSSR count). The van der Waals surface area contributed by atoms with Crippen molar-refractivity contribution in [2.45, 2.75) is 56.7 Å². The van der Waals surface area contributed by atoms with Crippen LogP contribution in [0.1, 0.15) is 61.0 Å². The van der Waals surface area contributed by atoms with Gasteiger partial charge < -0.3 is 4.90 Å². The maximum atomic E-state index is 13.4. The van der Waals surface area contributed by atoms with E-state index in [2.05, 4.69) is 59.2 Å². The Bertz CT molecular complexity index is 802. The quantitative estimate of drug-likeness (QED) is 0.815. The van der Waals surface area contributed by atoms with Crippen LogP contribution in [0.25, 0.3) is 0 Å². The Morgan fingerprint density at radius 2 is 1.93 bits per heavy atom. The van der Waals surface area contributed by atoms with Crippen LogP contribution < -0.4 is 0 Å². The van der Waals surface area contributed by atoms with E-state index in [1.807, 2.05) is 13.2 Å². The van der Waals surface area contributed by atoms with Gasteiger partial charge in [-0.1, -0.05) is 43.2 Å². The highest BCUT2D eigenvalue weighted by atomic mass is 16.2. The highest BCUT2D eigenvalue weighted by Crippen LogP contribution is 2.47. The fourth-order valence-corrected chi connectivity index (χ4v) is 5.22. The summed E-state index contributed by atoms with van der Waals surface area (Å²) in [5, 5.41) is 4.22. The molecule has 1 aromatic carbocycles. The monoisotopic (exact) mass is 366 g/mol. The zero-order valence-corrected chi connectivity index (χ0v) is 16.6. The first kappa shape index (κ1) is 18.2. The summed E-state index contributed by atoms with van der Waals surface area (Å²) < 4.78 is 1.71. The van der Waals surface area contributed by atoms with Crippen molar-refractivity contribution in [3.8, 4) is 0 Å². The van der Waals surface area contributed by atoms with Gasteiger partial charge in [-0.25, -0.2) is 0 Å². The standard InChI is InChI=1S/C22H30N4O/c1-22-14-19(17-10-6-4-7-11-17)25(3)20(22)12-8-5-9-13-26(22)21(27)18-15-23-24(2)16-18/h4,6-7,10-11,15-16,19-20H,5,8-9,12-14H2,1-3H3/t19-,20-,22-/m0/s1. The molecule has 0 radical (unpaired) electrons. The summed E-state index contributed by atoms with van der Waals surface area (Å²) >= 11 is 0. The van der Waals surface area contributed by atoms with Gasteiger partial charge in [0.2, 0.25) is 0 Å². The third-order valence-electron chi connectivity index (χ3n) is 6.66. The van der Waals surface area contributed by atoms with Crippen LogP contribution in [-0.2, 0) is 7.05 Å². The molecule has 2 aliphatic heterocycles. The van der Waals surface area contributed by atoms with E-state index in [9.17, 15) is 4.79 Å². The summed E-state index contributed by atoms with van der Waals surface area (Å²) in [7, 11) is 4.10. The molecule has 2 aliphatic rings. The van der Waals surface area contributed by atoms with Crippen LogP contribution in [0.4, 0.5) is 0 Å². The number of carbonyl (C=O) groups excluding carboxylic acids is 1. The number of benzene rings is 1. The van der Waals surface area contributed by atoms with Crippen LogP contribution in [0.2, 0.25) is 0 Å². The van der Waals surface area contributed by atoms with Gasteiger partial charge in [-0.2, -0.15) is 5.10 Å². The summed E-state index contributed by atoms with van der Waals surface area (Å²) in [6.07, 6.45) is 9.17. The van der Waals surface area contributed by atoms with E-state index in [4.69, 9.17) is 0 Å². The van der Waals surface area contributed by atoms with Gasteiger partial charge >= 0.3 is 0 Å². The van der Waals surface area contributed by atoms with Crippen molar-refractivity contribution < 1.29 is 4.79 Å². The highest BCUT2D eigenvalue weighted by molar-refractivity contribution is 5.94. The van der Waals surface area contributed by atoms with Crippen molar-refractivity contribution in [1.82, 2.24) is 19.6 Å². The van der Waals surface area contributed by atoms with Gasteiger partial charge in [0.1, 0.15) is 0 Å². The molecule has 5 heteroatoms. The minimum atomic E-state index is -0.164. The predicted octanol–water partition coefficient (Wildman–Crippen LogP) is 3.64. The Morgan fingerprint density at radius 3 is 2.63 bits per heavy atom. The van der Waals surface area contributed by atoms with E-state index in [1.54, 1.807) is 10.9 Å². The largest absolute Gasteiger partial charge is 0.332 e. The molecule has 2 fully saturated rings. The molecule has 2 aromatic rings. The normalized spacial score (nSPS) is 29.2. The van der Waals surface area contributed by atoms with Crippen LogP contribution in [0, 0.1) is 0 Å². The molecule has 5 nitrogen and oxygen atoms in total. The number of fused-ring (bicyclic) bond motifs is 1. The average molecular weight is 367 g/mol. The van der Waals surface area contributed by atoms with Crippen molar-refractivity contribution >= 4 is 5.91 Å². The molecule has 3 atom stereocenters. The number of carbonyl (C=O) groups is 1. The Kier molecular flexibility index (Phi) is 4.81. The Morgan fingerprint density at radius 1 is 1.15 bits per heavy atom. The van der Waals surface area contributed by atoms with E-state index in [1.165, 1.54) is 18.4 Å². The fourth-order valence-electron chi connectivity index (χ4n) is 5.22. The van der Waals surface area contributed by atoms with Gasteiger partial charge in [-0.05, 0) is 38.8 Å². The molecule has 0 spiro atoms. The number of likely N-dealkylation sites (N-methyl/N-ethyl adjacent to an activating group) is 1. The van der Waals surface area contributed by atoms with Gasteiger partial charge in [0.15, 0.2) is 0 Å². The van der Waals surface area contributed by atoms with E-state index < -0.39 is 0 Å². The van der Waals surface area contributed by atoms with E-state index >= 15 is 0 Å². The molecule has 1 aromatic heterocycles. The van der Waals surface area contributed by atoms with Crippen LogP contribution in [0.5, 0.6) is 0 Å². The highest BCUT2D eigenvalue weighted by Gasteiger charge is 2.52. The number of hydrogen-bond acceptors (Lipinski definition) is 3. The van der Waals surface area contributed by atoms with Gasteiger partial charge in [0.05, 0.1) is 17.3 Å². The van der Waals surface area contributed by atoms with Gasteiger partial charge in [-0.15, -0.1) is 0 Å². The van der Waals surface area contributed by atoms with Crippen molar-refractivity contribution in [1.29, 1.82) is 0 Å². The lowest BCUT2D eigenvalue weighted by Gasteiger charge is -2.45. The number of rotatable bonds is 2. The lowest BCUT2D eigenvalue weighted by atomic mass is 9.83. The molecule has 1 amide bonds. The summed E-state index contributed by atoms with van der Waals surface area (Å²) in [6.45, 7) is 3.13. The minimum absolute atomic E-state index is 0.125. The molecule has 3 heterocycles. The van der Waals surface area contributed by atoms with Crippen LogP contribution in [0.3, 0.4) is 0 Å². The predicted molar refractivity (Wildman–Crippen MR) is 106 cm³/mol. The summed E-state index contributed by atoms with van der Waals surface area (Å²) in [4.78, 5) is 18.1. The Labute approximate surface area is 162 Å². The first-order chi connectivity index (χ1) is 13.0. The van der Waals surface area contributed by atoms with Crippen LogP contribution in [-0.4, -0.2) is 50.7 Å². The average Bonchev–Trinajstić information content (AvgIpc) is 3.19. The second-order valence-electron chi connectivity index (χ2n) is 8.38. The molecule has 0 bridgehead atoms. The second kappa shape index (κ2) is 7.12. The topological polar surface area (TPSA) is 41.4 Å². The summed E-state index contributed by atoms with van der Waals surface area (Å²) in [5.41, 5.74) is 1.88. The molecule has 0 unspecified atom stereocenters. The Hall–Kier alpha value is -2.14. The molecular formula is C22H30N4O. The molecule has 0 saturated carbocycles. The molecule has 0 aliphatic carbocycles. The van der Waals surface area contributed by atoms with Crippen molar-refractivity contribution in [3.63, 3.8) is 0 Å². The molecule has 2 saturated heterocycles. The van der Waals surface area contributed by atoms with Crippen LogP contribution in [0.15, 0.2) is 42.7 Å². The zero-order valence-electron chi connectivity index (χ0n) is 16.6. The molecule has 0 N–H and O–H groups in total. The number of hydrogen-bond donors (Lipinski definition) is 0.